The van der Waals surface area contributed by atoms with Gasteiger partial charge in [-0.3, -0.25) is 9.88 Å². The minimum Gasteiger partial charge on any atom is -0.478 e. The zero-order valence-corrected chi connectivity index (χ0v) is 10.7. The van der Waals surface area contributed by atoms with E-state index in [1.165, 1.54) is 12.3 Å². The first-order valence-electron chi connectivity index (χ1n) is 6.05. The first-order valence-corrected chi connectivity index (χ1v) is 6.05. The molecule has 19 heavy (non-hydrogen) atoms. The summed E-state index contributed by atoms with van der Waals surface area (Å²) in [7, 11) is 1.93. The number of hydrogen-bond acceptors (Lipinski definition) is 4. The van der Waals surface area contributed by atoms with Crippen molar-refractivity contribution < 1.29 is 14.3 Å². The van der Waals surface area contributed by atoms with Gasteiger partial charge in [0, 0.05) is 24.9 Å². The molecule has 2 rings (SSSR count). The van der Waals surface area contributed by atoms with Crippen molar-refractivity contribution in [2.75, 3.05) is 13.6 Å². The SMILES string of the molecule is CN(CCc1ccccn1)Cc1occc1C(=O)O. The zero-order valence-electron chi connectivity index (χ0n) is 10.7. The predicted octanol–water partition coefficient (Wildman–Crippen LogP) is 2.05. The van der Waals surface area contributed by atoms with Crippen LogP contribution in [0.25, 0.3) is 0 Å². The normalized spacial score (nSPS) is 10.8. The molecular formula is C14H16N2O3. The summed E-state index contributed by atoms with van der Waals surface area (Å²) < 4.78 is 5.21. The average molecular weight is 260 g/mol. The van der Waals surface area contributed by atoms with E-state index in [2.05, 4.69) is 4.98 Å². The summed E-state index contributed by atoms with van der Waals surface area (Å²) >= 11 is 0. The number of likely N-dealkylation sites (N-methyl/N-ethyl adjacent to an activating group) is 1. The van der Waals surface area contributed by atoms with Crippen LogP contribution in [0.3, 0.4) is 0 Å². The van der Waals surface area contributed by atoms with Crippen molar-refractivity contribution in [3.05, 3.63) is 53.7 Å². The van der Waals surface area contributed by atoms with Gasteiger partial charge in [-0.2, -0.15) is 0 Å². The molecule has 0 saturated carbocycles. The average Bonchev–Trinajstić information content (AvgIpc) is 2.86. The molecule has 5 nitrogen and oxygen atoms in total. The lowest BCUT2D eigenvalue weighted by Crippen LogP contribution is -2.21. The summed E-state index contributed by atoms with van der Waals surface area (Å²) in [4.78, 5) is 17.2. The molecule has 1 N–H and O–H groups in total. The maximum Gasteiger partial charge on any atom is 0.339 e. The predicted molar refractivity (Wildman–Crippen MR) is 69.9 cm³/mol. The molecule has 5 heteroatoms. The minimum atomic E-state index is -0.957. The van der Waals surface area contributed by atoms with Crippen LogP contribution in [0, 0.1) is 0 Å². The molecule has 0 bridgehead atoms. The Morgan fingerprint density at radius 3 is 2.95 bits per heavy atom. The molecule has 0 aliphatic carbocycles. The van der Waals surface area contributed by atoms with E-state index in [9.17, 15) is 4.79 Å². The largest absolute Gasteiger partial charge is 0.478 e. The van der Waals surface area contributed by atoms with Gasteiger partial charge in [-0.25, -0.2) is 4.79 Å². The van der Waals surface area contributed by atoms with Crippen LogP contribution in [-0.4, -0.2) is 34.6 Å². The Balaban J connectivity index is 1.89. The van der Waals surface area contributed by atoms with Gasteiger partial charge in [0.1, 0.15) is 11.3 Å². The van der Waals surface area contributed by atoms with Gasteiger partial charge >= 0.3 is 5.97 Å². The summed E-state index contributed by atoms with van der Waals surface area (Å²) in [6.45, 7) is 1.26. The van der Waals surface area contributed by atoms with Crippen molar-refractivity contribution in [2.24, 2.45) is 0 Å². The van der Waals surface area contributed by atoms with E-state index in [-0.39, 0.29) is 5.56 Å². The molecule has 0 spiro atoms. The molecule has 0 amide bonds. The van der Waals surface area contributed by atoms with Crippen LogP contribution in [0.1, 0.15) is 21.8 Å². The van der Waals surface area contributed by atoms with Crippen molar-refractivity contribution in [1.29, 1.82) is 0 Å². The number of nitrogens with zero attached hydrogens (tertiary/aromatic N) is 2. The lowest BCUT2D eigenvalue weighted by molar-refractivity contribution is 0.0693. The van der Waals surface area contributed by atoms with Gasteiger partial charge in [-0.1, -0.05) is 6.07 Å². The Bertz CT molecular complexity index is 537. The maximum atomic E-state index is 11.0. The summed E-state index contributed by atoms with van der Waals surface area (Å²) in [6, 6.07) is 7.29. The fraction of sp³-hybridized carbons (Fsp3) is 0.286. The van der Waals surface area contributed by atoms with Crippen molar-refractivity contribution in [3.63, 3.8) is 0 Å². The van der Waals surface area contributed by atoms with Gasteiger partial charge in [0.25, 0.3) is 0 Å². The van der Waals surface area contributed by atoms with Crippen LogP contribution in [0.5, 0.6) is 0 Å². The number of rotatable bonds is 6. The molecule has 0 atom stereocenters. The standard InChI is InChI=1S/C14H16N2O3/c1-16(8-5-11-4-2-3-7-15-11)10-13-12(14(17)18)6-9-19-13/h2-4,6-7,9H,5,8,10H2,1H3,(H,17,18). The second-order valence-electron chi connectivity index (χ2n) is 4.37. The van der Waals surface area contributed by atoms with E-state index >= 15 is 0 Å². The highest BCUT2D eigenvalue weighted by atomic mass is 16.4. The Labute approximate surface area is 111 Å². The molecule has 0 unspecified atom stereocenters. The van der Waals surface area contributed by atoms with Crippen LogP contribution in [0.2, 0.25) is 0 Å². The molecule has 100 valence electrons. The van der Waals surface area contributed by atoms with Crippen LogP contribution in [0.4, 0.5) is 0 Å². The lowest BCUT2D eigenvalue weighted by atomic mass is 10.2. The molecule has 0 aliphatic heterocycles. The monoisotopic (exact) mass is 260 g/mol. The summed E-state index contributed by atoms with van der Waals surface area (Å²) in [6.07, 6.45) is 4.00. The Hall–Kier alpha value is -2.14. The number of aromatic carboxylic acids is 1. The lowest BCUT2D eigenvalue weighted by Gasteiger charge is -2.15. The van der Waals surface area contributed by atoms with Gasteiger partial charge in [0.05, 0.1) is 12.8 Å². The van der Waals surface area contributed by atoms with Crippen molar-refractivity contribution in [2.45, 2.75) is 13.0 Å². The number of carboxylic acids is 1. The van der Waals surface area contributed by atoms with Crippen molar-refractivity contribution in [3.8, 4) is 0 Å². The molecule has 2 aromatic heterocycles. The third-order valence-corrected chi connectivity index (χ3v) is 2.87. The molecule has 2 aromatic rings. The van der Waals surface area contributed by atoms with E-state index in [1.54, 1.807) is 6.20 Å². The molecule has 0 aromatic carbocycles. The van der Waals surface area contributed by atoms with Gasteiger partial charge in [-0.15, -0.1) is 0 Å². The minimum absolute atomic E-state index is 0.227. The first-order chi connectivity index (χ1) is 9.16. The third kappa shape index (κ3) is 3.66. The van der Waals surface area contributed by atoms with Gasteiger partial charge in [0.2, 0.25) is 0 Å². The third-order valence-electron chi connectivity index (χ3n) is 2.87. The van der Waals surface area contributed by atoms with E-state index < -0.39 is 5.97 Å². The van der Waals surface area contributed by atoms with Crippen LogP contribution in [-0.2, 0) is 13.0 Å². The Morgan fingerprint density at radius 1 is 1.42 bits per heavy atom. The number of carbonyl (C=O) groups is 1. The number of furan rings is 1. The summed E-state index contributed by atoms with van der Waals surface area (Å²) in [5, 5.41) is 8.99. The Kier molecular flexibility index (Phi) is 4.30. The fourth-order valence-corrected chi connectivity index (χ4v) is 1.83. The van der Waals surface area contributed by atoms with Gasteiger partial charge in [-0.05, 0) is 25.2 Å². The molecular weight excluding hydrogens is 244 g/mol. The van der Waals surface area contributed by atoms with E-state index in [4.69, 9.17) is 9.52 Å². The van der Waals surface area contributed by atoms with Gasteiger partial charge < -0.3 is 9.52 Å². The highest BCUT2D eigenvalue weighted by Gasteiger charge is 2.14. The fourth-order valence-electron chi connectivity index (χ4n) is 1.83. The van der Waals surface area contributed by atoms with E-state index in [0.29, 0.717) is 12.3 Å². The second kappa shape index (κ2) is 6.15. The Morgan fingerprint density at radius 2 is 2.26 bits per heavy atom. The first kappa shape index (κ1) is 13.3. The molecule has 0 radical (unpaired) electrons. The number of pyridine rings is 1. The van der Waals surface area contributed by atoms with Crippen LogP contribution in [0.15, 0.2) is 41.1 Å². The quantitative estimate of drug-likeness (QED) is 0.861. The number of aromatic nitrogens is 1. The second-order valence-corrected chi connectivity index (χ2v) is 4.37. The van der Waals surface area contributed by atoms with Crippen LogP contribution >= 0.6 is 0 Å². The highest BCUT2D eigenvalue weighted by Crippen LogP contribution is 2.12. The summed E-state index contributed by atoms with van der Waals surface area (Å²) in [5.41, 5.74) is 1.25. The summed E-state index contributed by atoms with van der Waals surface area (Å²) in [5.74, 6) is -0.474. The highest BCUT2D eigenvalue weighted by molar-refractivity contribution is 5.88. The van der Waals surface area contributed by atoms with E-state index in [0.717, 1.165) is 18.7 Å². The number of carboxylic acid groups (broad SMARTS) is 1. The molecule has 0 aliphatic rings. The van der Waals surface area contributed by atoms with E-state index in [1.807, 2.05) is 30.1 Å². The maximum absolute atomic E-state index is 11.0. The van der Waals surface area contributed by atoms with Crippen molar-refractivity contribution >= 4 is 5.97 Å². The van der Waals surface area contributed by atoms with Crippen molar-refractivity contribution in [1.82, 2.24) is 9.88 Å². The molecule has 0 saturated heterocycles. The zero-order chi connectivity index (χ0) is 13.7. The van der Waals surface area contributed by atoms with Gasteiger partial charge in [0.15, 0.2) is 0 Å². The smallest absolute Gasteiger partial charge is 0.339 e. The topological polar surface area (TPSA) is 66.6 Å². The van der Waals surface area contributed by atoms with Crippen LogP contribution < -0.4 is 0 Å². The molecule has 0 fully saturated rings. The molecule has 2 heterocycles. The number of hydrogen-bond donors (Lipinski definition) is 1.